The fraction of sp³-hybridized carbons (Fsp3) is 0.692. The SMILES string of the molecule is CCCC#CCO/N=C(\C)CN.CO/N=C(\C)CN. The zero-order valence-corrected chi connectivity index (χ0v) is 12.4. The Morgan fingerprint density at radius 2 is 1.63 bits per heavy atom. The predicted octanol–water partition coefficient (Wildman–Crippen LogP) is 1.11. The first-order valence-corrected chi connectivity index (χ1v) is 6.20. The van der Waals surface area contributed by atoms with Crippen molar-refractivity contribution in [1.29, 1.82) is 0 Å². The Bertz CT molecular complexity index is 316. The average molecular weight is 270 g/mol. The molecule has 0 aliphatic rings. The van der Waals surface area contributed by atoms with Gasteiger partial charge in [0.15, 0.2) is 6.61 Å². The third-order valence-electron chi connectivity index (χ3n) is 1.70. The quantitative estimate of drug-likeness (QED) is 0.327. The molecule has 0 bridgehead atoms. The Morgan fingerprint density at radius 3 is 2.05 bits per heavy atom. The van der Waals surface area contributed by atoms with Gasteiger partial charge in [0.25, 0.3) is 0 Å². The molecule has 0 fully saturated rings. The number of unbranched alkanes of at least 4 members (excludes halogenated alkanes) is 1. The normalized spacial score (nSPS) is 10.8. The van der Waals surface area contributed by atoms with Crippen molar-refractivity contribution in [3.8, 4) is 11.8 Å². The van der Waals surface area contributed by atoms with Crippen LogP contribution in [0, 0.1) is 11.8 Å². The van der Waals surface area contributed by atoms with Crippen LogP contribution in [0.5, 0.6) is 0 Å². The molecule has 0 heterocycles. The second kappa shape index (κ2) is 16.4. The van der Waals surface area contributed by atoms with Crippen LogP contribution >= 0.6 is 0 Å². The number of rotatable bonds is 6. The van der Waals surface area contributed by atoms with Crippen molar-refractivity contribution in [3.63, 3.8) is 0 Å². The minimum atomic E-state index is 0.358. The van der Waals surface area contributed by atoms with E-state index in [4.69, 9.17) is 16.3 Å². The maximum atomic E-state index is 5.29. The van der Waals surface area contributed by atoms with E-state index in [2.05, 4.69) is 33.9 Å². The number of hydrogen-bond acceptors (Lipinski definition) is 6. The van der Waals surface area contributed by atoms with Crippen LogP contribution in [0.25, 0.3) is 0 Å². The summed E-state index contributed by atoms with van der Waals surface area (Å²) in [6.07, 6.45) is 2.00. The van der Waals surface area contributed by atoms with Crippen LogP contribution in [0.1, 0.15) is 33.6 Å². The van der Waals surface area contributed by atoms with Crippen LogP contribution in [0.4, 0.5) is 0 Å². The Morgan fingerprint density at radius 1 is 1.05 bits per heavy atom. The van der Waals surface area contributed by atoms with E-state index in [0.717, 1.165) is 24.3 Å². The van der Waals surface area contributed by atoms with Gasteiger partial charge in [0, 0.05) is 19.5 Å². The molecule has 0 aromatic heterocycles. The molecule has 0 amide bonds. The van der Waals surface area contributed by atoms with Crippen molar-refractivity contribution >= 4 is 11.4 Å². The summed E-state index contributed by atoms with van der Waals surface area (Å²) >= 11 is 0. The molecule has 6 nitrogen and oxygen atoms in total. The first-order valence-electron chi connectivity index (χ1n) is 6.20. The van der Waals surface area contributed by atoms with E-state index >= 15 is 0 Å². The van der Waals surface area contributed by atoms with E-state index in [1.807, 2.05) is 13.8 Å². The van der Waals surface area contributed by atoms with Crippen LogP contribution < -0.4 is 11.5 Å². The average Bonchev–Trinajstić information content (AvgIpc) is 2.43. The highest BCUT2D eigenvalue weighted by Crippen LogP contribution is 1.82. The van der Waals surface area contributed by atoms with E-state index in [-0.39, 0.29) is 0 Å². The van der Waals surface area contributed by atoms with Gasteiger partial charge in [-0.05, 0) is 20.3 Å². The summed E-state index contributed by atoms with van der Waals surface area (Å²) in [6, 6.07) is 0. The minimum Gasteiger partial charge on any atom is -0.399 e. The Kier molecular flexibility index (Phi) is 17.1. The van der Waals surface area contributed by atoms with Gasteiger partial charge in [-0.2, -0.15) is 0 Å². The first-order chi connectivity index (χ1) is 9.12. The summed E-state index contributed by atoms with van der Waals surface area (Å²) in [5.41, 5.74) is 12.0. The molecule has 0 saturated heterocycles. The predicted molar refractivity (Wildman–Crippen MR) is 80.0 cm³/mol. The van der Waals surface area contributed by atoms with Gasteiger partial charge in [-0.15, -0.1) is 0 Å². The monoisotopic (exact) mass is 270 g/mol. The van der Waals surface area contributed by atoms with Gasteiger partial charge in [0.05, 0.1) is 11.4 Å². The molecule has 0 spiro atoms. The molecule has 0 aliphatic heterocycles. The van der Waals surface area contributed by atoms with Gasteiger partial charge >= 0.3 is 0 Å². The van der Waals surface area contributed by atoms with Crippen LogP contribution in [0.15, 0.2) is 10.3 Å². The highest BCUT2D eigenvalue weighted by Gasteiger charge is 1.83. The molecule has 0 atom stereocenters. The second-order valence-corrected chi connectivity index (χ2v) is 3.62. The first kappa shape index (κ1) is 19.8. The lowest BCUT2D eigenvalue weighted by molar-refractivity contribution is 0.179. The lowest BCUT2D eigenvalue weighted by Crippen LogP contribution is -2.09. The molecule has 0 rings (SSSR count). The molecule has 6 heteroatoms. The topological polar surface area (TPSA) is 95.2 Å². The van der Waals surface area contributed by atoms with E-state index in [9.17, 15) is 0 Å². The standard InChI is InChI=1S/C9H16N2O.C4H10N2O/c1-3-4-5-6-7-12-11-9(2)8-10;1-4(3-5)6-7-2/h3-4,7-8,10H2,1-2H3;3,5H2,1-2H3/b11-9+;6-4+. The van der Waals surface area contributed by atoms with Crippen LogP contribution in [0.3, 0.4) is 0 Å². The summed E-state index contributed by atoms with van der Waals surface area (Å²) in [4.78, 5) is 9.27. The van der Waals surface area contributed by atoms with Crippen molar-refractivity contribution < 1.29 is 9.68 Å². The number of hydrogen-bond donors (Lipinski definition) is 2. The lowest BCUT2D eigenvalue weighted by Gasteiger charge is -1.93. The van der Waals surface area contributed by atoms with Crippen molar-refractivity contribution in [2.75, 3.05) is 26.8 Å². The van der Waals surface area contributed by atoms with Crippen molar-refractivity contribution in [2.45, 2.75) is 33.6 Å². The van der Waals surface area contributed by atoms with E-state index in [1.165, 1.54) is 7.11 Å². The lowest BCUT2D eigenvalue weighted by atomic mass is 10.3. The number of nitrogens with two attached hydrogens (primary N) is 2. The zero-order valence-electron chi connectivity index (χ0n) is 12.4. The molecule has 0 aliphatic carbocycles. The third-order valence-corrected chi connectivity index (χ3v) is 1.70. The number of nitrogens with zero attached hydrogens (tertiary/aromatic N) is 2. The molecule has 4 N–H and O–H groups in total. The molecule has 0 unspecified atom stereocenters. The largest absolute Gasteiger partial charge is 0.399 e. The fourth-order valence-electron chi connectivity index (χ4n) is 0.670. The molecule has 0 radical (unpaired) electrons. The highest BCUT2D eigenvalue weighted by molar-refractivity contribution is 5.83. The molecule has 0 saturated carbocycles. The smallest absolute Gasteiger partial charge is 0.177 e. The van der Waals surface area contributed by atoms with Gasteiger partial charge in [0.2, 0.25) is 0 Å². The summed E-state index contributed by atoms with van der Waals surface area (Å²) in [5, 5.41) is 7.26. The molecular formula is C13H26N4O2. The van der Waals surface area contributed by atoms with E-state index in [0.29, 0.717) is 19.7 Å². The third kappa shape index (κ3) is 19.0. The maximum Gasteiger partial charge on any atom is 0.177 e. The summed E-state index contributed by atoms with van der Waals surface area (Å²) in [6.45, 7) is 6.97. The molecule has 110 valence electrons. The van der Waals surface area contributed by atoms with E-state index < -0.39 is 0 Å². The zero-order chi connectivity index (χ0) is 14.9. The Labute approximate surface area is 116 Å². The van der Waals surface area contributed by atoms with Crippen LogP contribution in [0.2, 0.25) is 0 Å². The van der Waals surface area contributed by atoms with Crippen molar-refractivity contribution in [2.24, 2.45) is 21.8 Å². The Hall–Kier alpha value is -1.58. The van der Waals surface area contributed by atoms with Crippen LogP contribution in [-0.4, -0.2) is 38.2 Å². The number of oxime groups is 2. The maximum absolute atomic E-state index is 5.29. The van der Waals surface area contributed by atoms with Gasteiger partial charge in [-0.25, -0.2) is 0 Å². The second-order valence-electron chi connectivity index (χ2n) is 3.62. The van der Waals surface area contributed by atoms with Crippen LogP contribution in [-0.2, 0) is 9.68 Å². The van der Waals surface area contributed by atoms with Gasteiger partial charge in [0.1, 0.15) is 7.11 Å². The van der Waals surface area contributed by atoms with Gasteiger partial charge < -0.3 is 21.1 Å². The molecule has 0 aromatic carbocycles. The summed E-state index contributed by atoms with van der Waals surface area (Å²) in [7, 11) is 1.50. The van der Waals surface area contributed by atoms with Gasteiger partial charge in [-0.1, -0.05) is 29.1 Å². The summed E-state index contributed by atoms with van der Waals surface area (Å²) in [5.74, 6) is 5.80. The minimum absolute atomic E-state index is 0.358. The Balaban J connectivity index is 0. The van der Waals surface area contributed by atoms with Crippen molar-refractivity contribution in [3.05, 3.63) is 0 Å². The molecular weight excluding hydrogens is 244 g/mol. The van der Waals surface area contributed by atoms with Crippen molar-refractivity contribution in [1.82, 2.24) is 0 Å². The molecule has 0 aromatic rings. The fourth-order valence-corrected chi connectivity index (χ4v) is 0.670. The molecule has 19 heavy (non-hydrogen) atoms. The summed E-state index contributed by atoms with van der Waals surface area (Å²) < 4.78 is 0. The van der Waals surface area contributed by atoms with Gasteiger partial charge in [-0.3, -0.25) is 0 Å². The van der Waals surface area contributed by atoms with E-state index in [1.54, 1.807) is 0 Å². The highest BCUT2D eigenvalue weighted by atomic mass is 16.6.